The Morgan fingerprint density at radius 2 is 1.50 bits per heavy atom. The summed E-state index contributed by atoms with van der Waals surface area (Å²) in [6.45, 7) is 0. The second-order valence-electron chi connectivity index (χ2n) is 0.408. The van der Waals surface area contributed by atoms with Crippen LogP contribution in [0.4, 0.5) is 0 Å². The minimum absolute atomic E-state index is 0. The number of hydrogen-bond donors (Lipinski definition) is 0. The second-order valence-corrected chi connectivity index (χ2v) is 3.79. The molecule has 0 bridgehead atoms. The molecule has 0 fully saturated rings. The standard InChI is InChI=1S/H2O3SSe.Zn/c1-4(2,3)5;/h(H2,1,2,3,5);/q;+2/p-2. The third-order valence-electron chi connectivity index (χ3n) is 0. The molecule has 0 amide bonds. The molecule has 3 nitrogen and oxygen atoms in total. The van der Waals surface area contributed by atoms with Crippen LogP contribution in [-0.4, -0.2) is 27.9 Å². The molecule has 0 aliphatic carbocycles. The molecule has 0 rings (SSSR count). The van der Waals surface area contributed by atoms with Gasteiger partial charge in [-0.3, -0.25) is 0 Å². The molecule has 6 heavy (non-hydrogen) atoms. The van der Waals surface area contributed by atoms with Gasteiger partial charge in [-0.25, -0.2) is 0 Å². The normalized spacial score (nSPS) is 9.67. The summed E-state index contributed by atoms with van der Waals surface area (Å²) in [5.41, 5.74) is 0. The zero-order valence-corrected chi connectivity index (χ0v) is 8.25. The van der Waals surface area contributed by atoms with Crippen molar-refractivity contribution in [2.24, 2.45) is 0 Å². The quantitative estimate of drug-likeness (QED) is 0.376. The van der Waals surface area contributed by atoms with E-state index in [1.807, 2.05) is 0 Å². The summed E-state index contributed by atoms with van der Waals surface area (Å²) in [7, 11) is -4.04. The van der Waals surface area contributed by atoms with Gasteiger partial charge in [-0.1, -0.05) is 0 Å². The van der Waals surface area contributed by atoms with E-state index in [9.17, 15) is 0 Å². The van der Waals surface area contributed by atoms with E-state index in [4.69, 9.17) is 13.0 Å². The molecule has 0 heterocycles. The third kappa shape index (κ3) is 74.9. The van der Waals surface area contributed by atoms with Crippen LogP contribution in [0.2, 0.25) is 0 Å². The maximum absolute atomic E-state index is 9.02. The van der Waals surface area contributed by atoms with Gasteiger partial charge in [0, 0.05) is 0 Å². The molecule has 0 aromatic heterocycles. The van der Waals surface area contributed by atoms with Gasteiger partial charge >= 0.3 is 55.9 Å². The Kier molecular flexibility index (Phi) is 5.24. The molecule has 0 N–H and O–H groups in total. The van der Waals surface area contributed by atoms with Crippen molar-refractivity contribution in [3.8, 4) is 0 Å². The van der Waals surface area contributed by atoms with Gasteiger partial charge in [0.05, 0.1) is 0 Å². The summed E-state index contributed by atoms with van der Waals surface area (Å²) in [6, 6.07) is 0. The minimum Gasteiger partial charge on any atom is 2.00 e. The van der Waals surface area contributed by atoms with E-state index in [1.54, 1.807) is 0 Å². The van der Waals surface area contributed by atoms with Crippen LogP contribution < -0.4 is 0 Å². The fourth-order valence-corrected chi connectivity index (χ4v) is 0. The maximum Gasteiger partial charge on any atom is 2.00 e. The maximum atomic E-state index is 9.02. The Morgan fingerprint density at radius 1 is 1.50 bits per heavy atom. The average molecular weight is 224 g/mol. The van der Waals surface area contributed by atoms with E-state index < -0.39 is 8.54 Å². The largest absolute Gasteiger partial charge is 2.00 e. The van der Waals surface area contributed by atoms with Crippen LogP contribution in [0.1, 0.15) is 0 Å². The molecule has 6 heteroatoms. The summed E-state index contributed by atoms with van der Waals surface area (Å²) in [5.74, 6) is 0. The van der Waals surface area contributed by atoms with E-state index >= 15 is 0 Å². The van der Waals surface area contributed by atoms with Crippen molar-refractivity contribution in [2.45, 2.75) is 0 Å². The number of hydrogen-bond acceptors (Lipinski definition) is 3. The Bertz CT molecular complexity index is 94.0. The van der Waals surface area contributed by atoms with Crippen LogP contribution in [-0.2, 0) is 28.0 Å². The third-order valence-corrected chi connectivity index (χ3v) is 0. The van der Waals surface area contributed by atoms with Crippen LogP contribution >= 0.6 is 0 Å². The Balaban J connectivity index is 0. The van der Waals surface area contributed by atoms with Crippen LogP contribution in [0.5, 0.6) is 0 Å². The molecule has 0 saturated heterocycles. The predicted octanol–water partition coefficient (Wildman–Crippen LogP) is -1.39. The van der Waals surface area contributed by atoms with E-state index in [1.165, 1.54) is 14.9 Å². The van der Waals surface area contributed by atoms with Gasteiger partial charge in [-0.15, -0.1) is 0 Å². The molecule has 0 aromatic rings. The first-order valence-electron chi connectivity index (χ1n) is 0.667. The van der Waals surface area contributed by atoms with Crippen molar-refractivity contribution in [1.82, 2.24) is 0 Å². The van der Waals surface area contributed by atoms with Crippen LogP contribution in [0.3, 0.4) is 0 Å². The zero-order chi connectivity index (χ0) is 4.50. The average Bonchev–Trinajstić information content (AvgIpc) is 0.722. The van der Waals surface area contributed by atoms with E-state index in [0.29, 0.717) is 0 Å². The van der Waals surface area contributed by atoms with Gasteiger partial charge in [0.1, 0.15) is 0 Å². The molecule has 32 valence electrons. The molecule has 0 aromatic carbocycles. The molecule has 0 radical (unpaired) electrons. The van der Waals surface area contributed by atoms with Gasteiger partial charge in [0.25, 0.3) is 0 Å². The molecular weight excluding hydrogens is 224 g/mol. The first-order valence-corrected chi connectivity index (χ1v) is 4.10. The number of rotatable bonds is 0. The van der Waals surface area contributed by atoms with E-state index in [0.717, 1.165) is 0 Å². The fourth-order valence-electron chi connectivity index (χ4n) is 0. The first kappa shape index (κ1) is 10.1. The van der Waals surface area contributed by atoms with Crippen molar-refractivity contribution in [3.63, 3.8) is 0 Å². The first-order chi connectivity index (χ1) is 2.00. The van der Waals surface area contributed by atoms with Crippen molar-refractivity contribution in [2.75, 3.05) is 0 Å². The molecule has 0 aliphatic rings. The molecule has 0 unspecified atom stereocenters. The fraction of sp³-hybridized carbons (Fsp3) is 0. The Morgan fingerprint density at radius 3 is 1.50 bits per heavy atom. The molecule has 0 atom stereocenters. The van der Waals surface area contributed by atoms with Crippen molar-refractivity contribution >= 4 is 23.4 Å². The summed E-state index contributed by atoms with van der Waals surface area (Å²) in [4.78, 5) is 0. The summed E-state index contributed by atoms with van der Waals surface area (Å²) in [5, 5.41) is 0. The summed E-state index contributed by atoms with van der Waals surface area (Å²) < 4.78 is 27.1. The van der Waals surface area contributed by atoms with E-state index in [2.05, 4.69) is 0 Å². The van der Waals surface area contributed by atoms with E-state index in [-0.39, 0.29) is 19.5 Å². The van der Waals surface area contributed by atoms with Gasteiger partial charge in [0.15, 0.2) is 0 Å². The van der Waals surface area contributed by atoms with Gasteiger partial charge in [0.2, 0.25) is 0 Å². The van der Waals surface area contributed by atoms with Gasteiger partial charge in [-0.05, 0) is 0 Å². The molecule has 0 aliphatic heterocycles. The molecular formula is O3SSeZn. The van der Waals surface area contributed by atoms with Crippen molar-refractivity contribution in [3.05, 3.63) is 0 Å². The second kappa shape index (κ2) is 3.11. The smallest absolute Gasteiger partial charge is 2.00 e. The monoisotopic (exact) mass is 224 g/mol. The summed E-state index contributed by atoms with van der Waals surface area (Å²) >= 11 is 1.40. The van der Waals surface area contributed by atoms with Crippen LogP contribution in [0.15, 0.2) is 0 Å². The van der Waals surface area contributed by atoms with Crippen molar-refractivity contribution < 1.29 is 32.4 Å². The van der Waals surface area contributed by atoms with Gasteiger partial charge < -0.3 is 0 Å². The SMILES string of the molecule is O=S(=O)([O-])[Se-].[Zn+2]. The predicted molar refractivity (Wildman–Crippen MR) is 15.5 cm³/mol. The van der Waals surface area contributed by atoms with Crippen molar-refractivity contribution in [1.29, 1.82) is 0 Å². The van der Waals surface area contributed by atoms with Gasteiger partial charge in [-0.2, -0.15) is 0 Å². The zero-order valence-electron chi connectivity index (χ0n) is 2.75. The molecule has 0 saturated carbocycles. The van der Waals surface area contributed by atoms with Crippen LogP contribution in [0, 0.1) is 0 Å². The minimum atomic E-state index is -4.04. The Hall–Kier alpha value is 1.05. The molecule has 0 spiro atoms. The van der Waals surface area contributed by atoms with Crippen LogP contribution in [0.25, 0.3) is 0 Å². The topological polar surface area (TPSA) is 57.2 Å². The summed E-state index contributed by atoms with van der Waals surface area (Å²) in [6.07, 6.45) is 0. The Labute approximate surface area is 55.9 Å².